The van der Waals surface area contributed by atoms with Crippen LogP contribution in [-0.2, 0) is 15.8 Å². The highest BCUT2D eigenvalue weighted by molar-refractivity contribution is 7.88. The Morgan fingerprint density at radius 3 is 2.50 bits per heavy atom. The molecule has 1 aliphatic rings. The molecule has 2 N–H and O–H groups in total. The van der Waals surface area contributed by atoms with Crippen molar-refractivity contribution in [3.05, 3.63) is 35.6 Å². The summed E-state index contributed by atoms with van der Waals surface area (Å²) in [5.74, 6) is -0.221. The maximum atomic E-state index is 12.8. The van der Waals surface area contributed by atoms with Gasteiger partial charge in [-0.05, 0) is 37.0 Å². The van der Waals surface area contributed by atoms with Gasteiger partial charge in [0.05, 0.1) is 5.75 Å². The van der Waals surface area contributed by atoms with Crippen LogP contribution < -0.4 is 5.73 Å². The molecule has 0 bridgehead atoms. The first kappa shape index (κ1) is 17.4. The van der Waals surface area contributed by atoms with Crippen molar-refractivity contribution < 1.29 is 12.8 Å². The zero-order valence-electron chi connectivity index (χ0n) is 11.3. The lowest BCUT2D eigenvalue weighted by Gasteiger charge is -2.18. The third kappa shape index (κ3) is 4.15. The van der Waals surface area contributed by atoms with E-state index in [1.807, 2.05) is 6.92 Å². The monoisotopic (exact) mass is 322 g/mol. The standard InChI is InChI=1S/C13H19FN2O2S.ClH/c1-10(15)12-6-7-16(8-12)19(17,18)9-11-2-4-13(14)5-3-11;/h2-5,10,12H,6-9,15H2,1H3;1H. The molecule has 0 amide bonds. The molecule has 0 spiro atoms. The molecule has 4 nitrogen and oxygen atoms in total. The van der Waals surface area contributed by atoms with Gasteiger partial charge in [-0.3, -0.25) is 0 Å². The Labute approximate surface area is 125 Å². The lowest BCUT2D eigenvalue weighted by Crippen LogP contribution is -2.33. The van der Waals surface area contributed by atoms with Crippen LogP contribution in [0.4, 0.5) is 4.39 Å². The number of nitrogens with zero attached hydrogens (tertiary/aromatic N) is 1. The fourth-order valence-electron chi connectivity index (χ4n) is 2.32. The van der Waals surface area contributed by atoms with Crippen molar-refractivity contribution in [2.24, 2.45) is 11.7 Å². The summed E-state index contributed by atoms with van der Waals surface area (Å²) >= 11 is 0. The normalized spacial score (nSPS) is 21.4. The van der Waals surface area contributed by atoms with Crippen molar-refractivity contribution in [1.29, 1.82) is 0 Å². The molecule has 2 unspecified atom stereocenters. The average Bonchev–Trinajstić information content (AvgIpc) is 2.82. The minimum atomic E-state index is -3.34. The first-order valence-electron chi connectivity index (χ1n) is 6.36. The van der Waals surface area contributed by atoms with Crippen LogP contribution >= 0.6 is 12.4 Å². The van der Waals surface area contributed by atoms with Crippen molar-refractivity contribution in [3.8, 4) is 0 Å². The Hall–Kier alpha value is -0.690. The maximum Gasteiger partial charge on any atom is 0.218 e. The molecule has 114 valence electrons. The van der Waals surface area contributed by atoms with Gasteiger partial charge in [0.1, 0.15) is 5.82 Å². The van der Waals surface area contributed by atoms with Crippen LogP contribution in [0.5, 0.6) is 0 Å². The van der Waals surface area contributed by atoms with Gasteiger partial charge in [0.15, 0.2) is 0 Å². The number of rotatable bonds is 4. The van der Waals surface area contributed by atoms with Gasteiger partial charge in [-0.25, -0.2) is 17.1 Å². The molecular formula is C13H20ClFN2O2S. The van der Waals surface area contributed by atoms with Crippen LogP contribution in [0, 0.1) is 11.7 Å². The van der Waals surface area contributed by atoms with Crippen LogP contribution in [0.25, 0.3) is 0 Å². The average molecular weight is 323 g/mol. The fourth-order valence-corrected chi connectivity index (χ4v) is 3.92. The molecule has 1 saturated heterocycles. The van der Waals surface area contributed by atoms with Gasteiger partial charge in [0, 0.05) is 19.1 Å². The van der Waals surface area contributed by atoms with Crippen molar-refractivity contribution >= 4 is 22.4 Å². The van der Waals surface area contributed by atoms with E-state index in [-0.39, 0.29) is 35.9 Å². The van der Waals surface area contributed by atoms with Crippen LogP contribution in [0.1, 0.15) is 18.9 Å². The smallest absolute Gasteiger partial charge is 0.218 e. The molecule has 7 heteroatoms. The highest BCUT2D eigenvalue weighted by Crippen LogP contribution is 2.23. The quantitative estimate of drug-likeness (QED) is 0.918. The van der Waals surface area contributed by atoms with Gasteiger partial charge in [0.25, 0.3) is 0 Å². The molecule has 0 saturated carbocycles. The summed E-state index contributed by atoms with van der Waals surface area (Å²) in [7, 11) is -3.34. The molecule has 1 aliphatic heterocycles. The lowest BCUT2D eigenvalue weighted by molar-refractivity contribution is 0.428. The van der Waals surface area contributed by atoms with E-state index in [0.717, 1.165) is 6.42 Å². The Kier molecular flexibility index (Phi) is 5.94. The Morgan fingerprint density at radius 2 is 2.00 bits per heavy atom. The van der Waals surface area contributed by atoms with E-state index in [2.05, 4.69) is 0 Å². The highest BCUT2D eigenvalue weighted by Gasteiger charge is 2.32. The second kappa shape index (κ2) is 6.85. The van der Waals surface area contributed by atoms with E-state index in [1.165, 1.54) is 28.6 Å². The van der Waals surface area contributed by atoms with Gasteiger partial charge in [-0.1, -0.05) is 12.1 Å². The topological polar surface area (TPSA) is 63.4 Å². The molecule has 1 heterocycles. The van der Waals surface area contributed by atoms with E-state index < -0.39 is 10.0 Å². The van der Waals surface area contributed by atoms with Crippen LogP contribution in [-0.4, -0.2) is 31.9 Å². The summed E-state index contributed by atoms with van der Waals surface area (Å²) < 4.78 is 38.8. The summed E-state index contributed by atoms with van der Waals surface area (Å²) in [5, 5.41) is 0. The van der Waals surface area contributed by atoms with Gasteiger partial charge in [-0.15, -0.1) is 12.4 Å². The highest BCUT2D eigenvalue weighted by atomic mass is 35.5. The first-order chi connectivity index (χ1) is 8.88. The Bertz CT molecular complexity index is 534. The molecule has 2 atom stereocenters. The van der Waals surface area contributed by atoms with Crippen molar-refractivity contribution in [1.82, 2.24) is 4.31 Å². The lowest BCUT2D eigenvalue weighted by atomic mass is 10.0. The molecule has 2 rings (SSSR count). The number of halogens is 2. The van der Waals surface area contributed by atoms with Crippen molar-refractivity contribution in [2.45, 2.75) is 25.1 Å². The van der Waals surface area contributed by atoms with Crippen LogP contribution in [0.15, 0.2) is 24.3 Å². The zero-order valence-corrected chi connectivity index (χ0v) is 13.0. The molecule has 0 aromatic heterocycles. The Morgan fingerprint density at radius 1 is 1.40 bits per heavy atom. The van der Waals surface area contributed by atoms with Gasteiger partial charge in [0.2, 0.25) is 10.0 Å². The molecular weight excluding hydrogens is 303 g/mol. The second-order valence-electron chi connectivity index (χ2n) is 5.15. The van der Waals surface area contributed by atoms with Gasteiger partial charge in [-0.2, -0.15) is 0 Å². The zero-order chi connectivity index (χ0) is 14.0. The minimum absolute atomic E-state index is 0. The molecule has 1 fully saturated rings. The summed E-state index contributed by atoms with van der Waals surface area (Å²) in [6.45, 7) is 2.91. The third-order valence-corrected chi connectivity index (χ3v) is 5.40. The van der Waals surface area contributed by atoms with Gasteiger partial charge >= 0.3 is 0 Å². The van der Waals surface area contributed by atoms with E-state index in [9.17, 15) is 12.8 Å². The second-order valence-corrected chi connectivity index (χ2v) is 7.12. The largest absolute Gasteiger partial charge is 0.328 e. The van der Waals surface area contributed by atoms with E-state index in [1.54, 1.807) is 0 Å². The summed E-state index contributed by atoms with van der Waals surface area (Å²) in [5.41, 5.74) is 6.41. The number of nitrogens with two attached hydrogens (primary N) is 1. The number of sulfonamides is 1. The fraction of sp³-hybridized carbons (Fsp3) is 0.538. The third-order valence-electron chi connectivity index (χ3n) is 3.59. The van der Waals surface area contributed by atoms with E-state index in [0.29, 0.717) is 18.7 Å². The summed E-state index contributed by atoms with van der Waals surface area (Å²) in [6, 6.07) is 5.57. The van der Waals surface area contributed by atoms with E-state index in [4.69, 9.17) is 5.73 Å². The minimum Gasteiger partial charge on any atom is -0.328 e. The molecule has 0 aliphatic carbocycles. The predicted octanol–water partition coefficient (Wildman–Crippen LogP) is 1.75. The summed E-state index contributed by atoms with van der Waals surface area (Å²) in [6.07, 6.45) is 0.806. The predicted molar refractivity (Wildman–Crippen MR) is 79.6 cm³/mol. The molecule has 1 aromatic carbocycles. The van der Waals surface area contributed by atoms with Crippen LogP contribution in [0.2, 0.25) is 0 Å². The molecule has 1 aromatic rings. The number of hydrogen-bond acceptors (Lipinski definition) is 3. The van der Waals surface area contributed by atoms with Crippen molar-refractivity contribution in [3.63, 3.8) is 0 Å². The summed E-state index contributed by atoms with van der Waals surface area (Å²) in [4.78, 5) is 0. The van der Waals surface area contributed by atoms with E-state index >= 15 is 0 Å². The maximum absolute atomic E-state index is 12.8. The Balaban J connectivity index is 0.00000200. The van der Waals surface area contributed by atoms with Gasteiger partial charge < -0.3 is 5.73 Å². The molecule has 0 radical (unpaired) electrons. The van der Waals surface area contributed by atoms with Crippen LogP contribution in [0.3, 0.4) is 0 Å². The first-order valence-corrected chi connectivity index (χ1v) is 7.97. The number of hydrogen-bond donors (Lipinski definition) is 1. The number of benzene rings is 1. The van der Waals surface area contributed by atoms with Crippen molar-refractivity contribution in [2.75, 3.05) is 13.1 Å². The molecule has 20 heavy (non-hydrogen) atoms. The SMILES string of the molecule is CC(N)C1CCN(S(=O)(=O)Cc2ccc(F)cc2)C1.Cl.